The summed E-state index contributed by atoms with van der Waals surface area (Å²) in [6.45, 7) is 1.55. The van der Waals surface area contributed by atoms with Crippen LogP contribution in [0.4, 0.5) is 0 Å². The molecule has 0 amide bonds. The average Bonchev–Trinajstić information content (AvgIpc) is 2.27. The number of aromatic nitrogens is 1. The zero-order chi connectivity index (χ0) is 11.4. The summed E-state index contributed by atoms with van der Waals surface area (Å²) in [5.41, 5.74) is 0.265. The quantitative estimate of drug-likeness (QED) is 0.448. The molecule has 1 aromatic heterocycles. The second kappa shape index (κ2) is 4.89. The van der Waals surface area contributed by atoms with Gasteiger partial charge in [0, 0.05) is 0 Å². The minimum absolute atomic E-state index is 0.0978. The van der Waals surface area contributed by atoms with E-state index in [2.05, 4.69) is 9.72 Å². The van der Waals surface area contributed by atoms with Crippen LogP contribution in [0.5, 0.6) is 0 Å². The first-order valence-corrected chi connectivity index (χ1v) is 4.73. The van der Waals surface area contributed by atoms with Gasteiger partial charge in [-0.3, -0.25) is 4.79 Å². The lowest BCUT2D eigenvalue weighted by molar-refractivity contribution is 0.0594. The van der Waals surface area contributed by atoms with Gasteiger partial charge in [-0.25, -0.2) is 9.78 Å². The molecule has 1 unspecified atom stereocenters. The Hall–Kier alpha value is -1.42. The molecule has 0 bridgehead atoms. The highest BCUT2D eigenvalue weighted by atomic mass is 35.5. The van der Waals surface area contributed by atoms with Gasteiger partial charge >= 0.3 is 5.97 Å². The lowest BCUT2D eigenvalue weighted by Gasteiger charge is -2.03. The number of halogens is 1. The molecule has 0 spiro atoms. The molecule has 0 aliphatic heterocycles. The number of alkyl halides is 1. The SMILES string of the molecule is COC(=O)c1cccc(C(=O)C(C)Cl)n1. The molecule has 80 valence electrons. The van der Waals surface area contributed by atoms with E-state index in [1.165, 1.54) is 19.2 Å². The molecule has 4 nitrogen and oxygen atoms in total. The number of esters is 1. The monoisotopic (exact) mass is 227 g/mol. The van der Waals surface area contributed by atoms with Gasteiger partial charge in [0.05, 0.1) is 12.5 Å². The molecule has 0 saturated heterocycles. The number of hydrogen-bond donors (Lipinski definition) is 0. The normalized spacial score (nSPS) is 11.9. The smallest absolute Gasteiger partial charge is 0.356 e. The summed E-state index contributed by atoms with van der Waals surface area (Å²) in [5, 5.41) is -0.662. The van der Waals surface area contributed by atoms with Crippen LogP contribution in [0.15, 0.2) is 18.2 Å². The van der Waals surface area contributed by atoms with Gasteiger partial charge in [-0.2, -0.15) is 0 Å². The number of carbonyl (C=O) groups is 2. The van der Waals surface area contributed by atoms with Crippen LogP contribution in [-0.2, 0) is 4.74 Å². The summed E-state index contributed by atoms with van der Waals surface area (Å²) >= 11 is 5.62. The fourth-order valence-electron chi connectivity index (χ4n) is 0.994. The standard InChI is InChI=1S/C10H10ClNO3/c1-6(11)9(13)7-4-3-5-8(12-7)10(14)15-2/h3-6H,1-2H3. The fourth-order valence-corrected chi connectivity index (χ4v) is 1.11. The van der Waals surface area contributed by atoms with E-state index in [1.54, 1.807) is 13.0 Å². The van der Waals surface area contributed by atoms with Crippen molar-refractivity contribution in [2.45, 2.75) is 12.3 Å². The van der Waals surface area contributed by atoms with E-state index in [9.17, 15) is 9.59 Å². The number of ether oxygens (including phenoxy) is 1. The molecule has 0 aliphatic rings. The molecule has 1 heterocycles. The second-order valence-electron chi connectivity index (χ2n) is 2.88. The first-order chi connectivity index (χ1) is 7.06. The molecule has 1 rings (SSSR count). The van der Waals surface area contributed by atoms with Gasteiger partial charge in [0.1, 0.15) is 11.4 Å². The largest absolute Gasteiger partial charge is 0.464 e. The van der Waals surface area contributed by atoms with Crippen LogP contribution in [0.3, 0.4) is 0 Å². The Labute approximate surface area is 92.2 Å². The van der Waals surface area contributed by atoms with Crippen LogP contribution in [0, 0.1) is 0 Å². The van der Waals surface area contributed by atoms with Crippen molar-refractivity contribution in [1.29, 1.82) is 0 Å². The Morgan fingerprint density at radius 2 is 2.00 bits per heavy atom. The molecular formula is C10H10ClNO3. The van der Waals surface area contributed by atoms with Crippen molar-refractivity contribution in [3.63, 3.8) is 0 Å². The Kier molecular flexibility index (Phi) is 3.80. The van der Waals surface area contributed by atoms with E-state index in [1.807, 2.05) is 0 Å². The maximum Gasteiger partial charge on any atom is 0.356 e. The zero-order valence-electron chi connectivity index (χ0n) is 8.36. The first kappa shape index (κ1) is 11.7. The number of methoxy groups -OCH3 is 1. The summed E-state index contributed by atoms with van der Waals surface area (Å²) in [7, 11) is 1.25. The van der Waals surface area contributed by atoms with Gasteiger partial charge in [0.25, 0.3) is 0 Å². The predicted octanol–water partition coefficient (Wildman–Crippen LogP) is 1.68. The zero-order valence-corrected chi connectivity index (χ0v) is 9.12. The molecule has 1 aromatic rings. The number of ketones is 1. The van der Waals surface area contributed by atoms with Crippen molar-refractivity contribution < 1.29 is 14.3 Å². The third kappa shape index (κ3) is 2.76. The number of rotatable bonds is 3. The summed E-state index contributed by atoms with van der Waals surface area (Å²) in [5.74, 6) is -0.894. The maximum absolute atomic E-state index is 11.5. The number of Topliss-reactive ketones (excluding diaryl/α,β-unsaturated/α-hetero) is 1. The van der Waals surface area contributed by atoms with Crippen LogP contribution in [0.2, 0.25) is 0 Å². The summed E-state index contributed by atoms with van der Waals surface area (Å²) in [6, 6.07) is 4.54. The Balaban J connectivity index is 3.02. The second-order valence-corrected chi connectivity index (χ2v) is 3.53. The third-order valence-electron chi connectivity index (χ3n) is 1.76. The summed E-state index contributed by atoms with van der Waals surface area (Å²) in [4.78, 5) is 26.4. The van der Waals surface area contributed by atoms with Crippen molar-refractivity contribution in [2.24, 2.45) is 0 Å². The highest BCUT2D eigenvalue weighted by Gasteiger charge is 2.16. The van der Waals surface area contributed by atoms with Crippen molar-refractivity contribution in [2.75, 3.05) is 7.11 Å². The summed E-state index contributed by atoms with van der Waals surface area (Å²) < 4.78 is 4.49. The van der Waals surface area contributed by atoms with Crippen molar-refractivity contribution in [1.82, 2.24) is 4.98 Å². The molecule has 0 fully saturated rings. The highest BCUT2D eigenvalue weighted by molar-refractivity contribution is 6.33. The molecule has 5 heteroatoms. The third-order valence-corrected chi connectivity index (χ3v) is 1.96. The molecule has 0 N–H and O–H groups in total. The number of carbonyl (C=O) groups excluding carboxylic acids is 2. The van der Waals surface area contributed by atoms with Crippen molar-refractivity contribution in [3.05, 3.63) is 29.6 Å². The van der Waals surface area contributed by atoms with Crippen LogP contribution < -0.4 is 0 Å². The fraction of sp³-hybridized carbons (Fsp3) is 0.300. The molecule has 0 aromatic carbocycles. The van der Waals surface area contributed by atoms with E-state index < -0.39 is 11.3 Å². The molecular weight excluding hydrogens is 218 g/mol. The van der Waals surface area contributed by atoms with E-state index in [4.69, 9.17) is 11.6 Å². The van der Waals surface area contributed by atoms with E-state index in [-0.39, 0.29) is 17.2 Å². The van der Waals surface area contributed by atoms with Crippen molar-refractivity contribution in [3.8, 4) is 0 Å². The lowest BCUT2D eigenvalue weighted by atomic mass is 10.2. The van der Waals surface area contributed by atoms with Gasteiger partial charge in [-0.15, -0.1) is 11.6 Å². The van der Waals surface area contributed by atoms with Gasteiger partial charge in [-0.1, -0.05) is 6.07 Å². The van der Waals surface area contributed by atoms with Crippen LogP contribution in [0.1, 0.15) is 27.9 Å². The summed E-state index contributed by atoms with van der Waals surface area (Å²) in [6.07, 6.45) is 0. The van der Waals surface area contributed by atoms with Crippen molar-refractivity contribution >= 4 is 23.4 Å². The Morgan fingerprint density at radius 3 is 2.53 bits per heavy atom. The van der Waals surface area contributed by atoms with Crippen LogP contribution >= 0.6 is 11.6 Å². The molecule has 15 heavy (non-hydrogen) atoms. The van der Waals surface area contributed by atoms with Gasteiger partial charge in [0.2, 0.25) is 0 Å². The van der Waals surface area contributed by atoms with E-state index >= 15 is 0 Å². The average molecular weight is 228 g/mol. The maximum atomic E-state index is 11.5. The highest BCUT2D eigenvalue weighted by Crippen LogP contribution is 2.07. The van der Waals surface area contributed by atoms with E-state index in [0.29, 0.717) is 0 Å². The number of pyridine rings is 1. The molecule has 0 saturated carbocycles. The van der Waals surface area contributed by atoms with Crippen LogP contribution in [0.25, 0.3) is 0 Å². The lowest BCUT2D eigenvalue weighted by Crippen LogP contribution is -2.14. The van der Waals surface area contributed by atoms with Gasteiger partial charge in [0.15, 0.2) is 5.78 Å². The van der Waals surface area contributed by atoms with Crippen LogP contribution in [-0.4, -0.2) is 29.2 Å². The minimum atomic E-state index is -0.662. The van der Waals surface area contributed by atoms with Gasteiger partial charge < -0.3 is 4.74 Å². The Bertz CT molecular complexity index is 390. The number of nitrogens with zero attached hydrogens (tertiary/aromatic N) is 1. The molecule has 0 radical (unpaired) electrons. The predicted molar refractivity (Wildman–Crippen MR) is 55.2 cm³/mol. The number of hydrogen-bond acceptors (Lipinski definition) is 4. The van der Waals surface area contributed by atoms with Gasteiger partial charge in [-0.05, 0) is 19.1 Å². The molecule has 0 aliphatic carbocycles. The minimum Gasteiger partial charge on any atom is -0.464 e. The topological polar surface area (TPSA) is 56.3 Å². The van der Waals surface area contributed by atoms with E-state index in [0.717, 1.165) is 0 Å². The molecule has 1 atom stereocenters. The first-order valence-electron chi connectivity index (χ1n) is 4.30. The Morgan fingerprint density at radius 1 is 1.40 bits per heavy atom.